The predicted octanol–water partition coefficient (Wildman–Crippen LogP) is 1.52. The van der Waals surface area contributed by atoms with Crippen molar-refractivity contribution in [3.05, 3.63) is 77.9 Å². The highest BCUT2D eigenvalue weighted by Crippen LogP contribution is 2.36. The third-order valence-electron chi connectivity index (χ3n) is 5.92. The number of aliphatic hydroxyl groups is 2. The van der Waals surface area contributed by atoms with Crippen LogP contribution in [0.2, 0.25) is 0 Å². The van der Waals surface area contributed by atoms with Gasteiger partial charge in [-0.3, -0.25) is 0 Å². The molecular weight excluding hydrogens is 544 g/mol. The molecule has 0 aromatic heterocycles. The summed E-state index contributed by atoms with van der Waals surface area (Å²) in [5.74, 6) is -5.51. The molecule has 13 heteroatoms. The fourth-order valence-electron chi connectivity index (χ4n) is 3.89. The van der Waals surface area contributed by atoms with E-state index < -0.39 is 83.6 Å². The minimum Gasteiger partial charge on any atom is -0.508 e. The molecular formula is C28H26O13. The maximum absolute atomic E-state index is 12.8. The summed E-state index contributed by atoms with van der Waals surface area (Å²) in [5.41, 5.74) is 0.297. The summed E-state index contributed by atoms with van der Waals surface area (Å²) in [6.07, 6.45) is -5.83. The Labute approximate surface area is 232 Å². The molecule has 1 heterocycles. The minimum atomic E-state index is -1.88. The Morgan fingerprint density at radius 2 is 1.49 bits per heavy atom. The highest BCUT2D eigenvalue weighted by atomic mass is 16.7. The lowest BCUT2D eigenvalue weighted by Gasteiger charge is -2.41. The van der Waals surface area contributed by atoms with E-state index in [4.69, 9.17) is 18.9 Å². The summed E-state index contributed by atoms with van der Waals surface area (Å²) >= 11 is 0. The van der Waals surface area contributed by atoms with Gasteiger partial charge in [-0.2, -0.15) is 0 Å². The molecule has 3 aromatic rings. The molecule has 3 aromatic carbocycles. The van der Waals surface area contributed by atoms with Crippen molar-refractivity contribution in [2.24, 2.45) is 0 Å². The van der Waals surface area contributed by atoms with Crippen molar-refractivity contribution in [2.45, 2.75) is 30.7 Å². The Morgan fingerprint density at radius 1 is 0.854 bits per heavy atom. The number of hydrogen-bond donors (Lipinski definition) is 7. The topological polar surface area (TPSA) is 213 Å². The Morgan fingerprint density at radius 3 is 2.12 bits per heavy atom. The molecule has 0 unspecified atom stereocenters. The van der Waals surface area contributed by atoms with Crippen LogP contribution < -0.4 is 4.74 Å². The average molecular weight is 571 g/mol. The highest BCUT2D eigenvalue weighted by Gasteiger charge is 2.48. The first kappa shape index (κ1) is 29.0. The molecule has 1 aliphatic heterocycles. The summed E-state index contributed by atoms with van der Waals surface area (Å²) in [4.78, 5) is 25.0. The zero-order chi connectivity index (χ0) is 29.7. The molecule has 0 aliphatic carbocycles. The van der Waals surface area contributed by atoms with Crippen molar-refractivity contribution in [2.75, 3.05) is 6.61 Å². The molecule has 4 rings (SSSR count). The highest BCUT2D eigenvalue weighted by molar-refractivity contribution is 5.91. The van der Waals surface area contributed by atoms with Crippen LogP contribution in [-0.4, -0.2) is 85.0 Å². The van der Waals surface area contributed by atoms with Crippen molar-refractivity contribution < 1.29 is 64.3 Å². The molecule has 41 heavy (non-hydrogen) atoms. The number of phenols is 5. The molecule has 0 spiro atoms. The van der Waals surface area contributed by atoms with E-state index in [0.29, 0.717) is 0 Å². The van der Waals surface area contributed by atoms with E-state index in [1.165, 1.54) is 6.08 Å². The van der Waals surface area contributed by atoms with Crippen LogP contribution in [-0.2, 0) is 19.0 Å². The summed E-state index contributed by atoms with van der Waals surface area (Å²) < 4.78 is 21.7. The lowest BCUT2D eigenvalue weighted by Crippen LogP contribution is -2.61. The normalized spacial score (nSPS) is 22.2. The lowest BCUT2D eigenvalue weighted by molar-refractivity contribution is -0.277. The van der Waals surface area contributed by atoms with Gasteiger partial charge in [0, 0.05) is 24.3 Å². The van der Waals surface area contributed by atoms with Gasteiger partial charge in [0.15, 0.2) is 23.4 Å². The van der Waals surface area contributed by atoms with Crippen molar-refractivity contribution in [1.29, 1.82) is 0 Å². The number of rotatable bonds is 8. The van der Waals surface area contributed by atoms with Crippen molar-refractivity contribution in [1.82, 2.24) is 0 Å². The maximum Gasteiger partial charge on any atom is 0.339 e. The summed E-state index contributed by atoms with van der Waals surface area (Å²) in [6.45, 7) is -0.554. The van der Waals surface area contributed by atoms with Crippen molar-refractivity contribution in [3.8, 4) is 34.5 Å². The maximum atomic E-state index is 12.8. The van der Waals surface area contributed by atoms with Crippen LogP contribution in [0.1, 0.15) is 15.9 Å². The number of aliphatic hydroxyl groups excluding tert-OH is 2. The average Bonchev–Trinajstić information content (AvgIpc) is 2.93. The molecule has 5 atom stereocenters. The van der Waals surface area contributed by atoms with Gasteiger partial charge in [0.25, 0.3) is 0 Å². The first-order chi connectivity index (χ1) is 19.5. The fourth-order valence-corrected chi connectivity index (χ4v) is 3.89. The fraction of sp³-hybridized carbons (Fsp3) is 0.214. The number of esters is 2. The number of benzene rings is 3. The van der Waals surface area contributed by atoms with E-state index in [-0.39, 0.29) is 5.75 Å². The Hall–Kier alpha value is -4.98. The third kappa shape index (κ3) is 7.16. The largest absolute Gasteiger partial charge is 0.508 e. The third-order valence-corrected chi connectivity index (χ3v) is 5.92. The van der Waals surface area contributed by atoms with E-state index >= 15 is 0 Å². The standard InChI is InChI=1S/C28H26O13/c29-16-10-17(30)12-18(11-16)39-28-26(41-27(37)15-8-19(31)23(34)20(32)9-15)25(36)24(35)21(40-28)13-38-22(33)7-6-14-4-2-1-3-5-14/h1-12,21,24-26,28-32,34-36H,13H2/b7-6+/t21-,24-,25+,26-,28-/m1/s1. The van der Waals surface area contributed by atoms with Gasteiger partial charge in [-0.1, -0.05) is 30.3 Å². The molecule has 0 radical (unpaired) electrons. The van der Waals surface area contributed by atoms with Crippen LogP contribution in [0, 0.1) is 0 Å². The number of carbonyl (C=O) groups excluding carboxylic acids is 2. The molecule has 0 bridgehead atoms. The van der Waals surface area contributed by atoms with Gasteiger partial charge < -0.3 is 54.7 Å². The number of carbonyl (C=O) groups is 2. The van der Waals surface area contributed by atoms with Crippen LogP contribution in [0.15, 0.2) is 66.7 Å². The second-order valence-corrected chi connectivity index (χ2v) is 8.93. The van der Waals surface area contributed by atoms with Crippen molar-refractivity contribution in [3.63, 3.8) is 0 Å². The summed E-state index contributed by atoms with van der Waals surface area (Å²) in [5, 5.41) is 70.1. The van der Waals surface area contributed by atoms with Gasteiger partial charge >= 0.3 is 11.9 Å². The van der Waals surface area contributed by atoms with E-state index in [1.807, 2.05) is 6.07 Å². The molecule has 1 fully saturated rings. The van der Waals surface area contributed by atoms with Gasteiger partial charge in [0.2, 0.25) is 6.29 Å². The van der Waals surface area contributed by atoms with Gasteiger partial charge in [-0.05, 0) is 23.8 Å². The van der Waals surface area contributed by atoms with Gasteiger partial charge in [0.05, 0.1) is 5.56 Å². The van der Waals surface area contributed by atoms with E-state index in [2.05, 4.69) is 0 Å². The Balaban J connectivity index is 1.52. The number of phenolic OH excluding ortho intramolecular Hbond substituents is 5. The van der Waals surface area contributed by atoms with Crippen LogP contribution in [0.5, 0.6) is 34.5 Å². The first-order valence-electron chi connectivity index (χ1n) is 12.1. The Kier molecular flexibility index (Phi) is 8.82. The summed E-state index contributed by atoms with van der Waals surface area (Å²) in [6, 6.07) is 13.6. The van der Waals surface area contributed by atoms with Crippen LogP contribution in [0.3, 0.4) is 0 Å². The molecule has 13 nitrogen and oxygen atoms in total. The lowest BCUT2D eigenvalue weighted by atomic mass is 9.99. The molecule has 216 valence electrons. The number of aromatic hydroxyl groups is 5. The number of hydrogen-bond acceptors (Lipinski definition) is 13. The van der Waals surface area contributed by atoms with E-state index in [9.17, 15) is 45.3 Å². The zero-order valence-corrected chi connectivity index (χ0v) is 21.1. The number of ether oxygens (including phenoxy) is 4. The quantitative estimate of drug-likeness (QED) is 0.116. The van der Waals surface area contributed by atoms with Crippen molar-refractivity contribution >= 4 is 18.0 Å². The van der Waals surface area contributed by atoms with E-state index in [0.717, 1.165) is 42.0 Å². The Bertz CT molecular complexity index is 1380. The SMILES string of the molecule is O=C(/C=C/c1ccccc1)OC[C@H]1O[C@@H](Oc2cc(O)cc(O)c2)[C@H](OC(=O)c2cc(O)c(O)c(O)c2)[C@@H](O)[C@@H]1O. The molecule has 1 aliphatic rings. The first-order valence-corrected chi connectivity index (χ1v) is 12.1. The molecule has 1 saturated heterocycles. The second kappa shape index (κ2) is 12.5. The molecule has 0 amide bonds. The zero-order valence-electron chi connectivity index (χ0n) is 21.1. The smallest absolute Gasteiger partial charge is 0.339 e. The van der Waals surface area contributed by atoms with Gasteiger partial charge in [-0.15, -0.1) is 0 Å². The molecule has 0 saturated carbocycles. The van der Waals surface area contributed by atoms with Crippen LogP contribution >= 0.6 is 0 Å². The van der Waals surface area contributed by atoms with Gasteiger partial charge in [0.1, 0.15) is 42.2 Å². The van der Waals surface area contributed by atoms with E-state index in [1.54, 1.807) is 24.3 Å². The molecule has 7 N–H and O–H groups in total. The van der Waals surface area contributed by atoms with Crippen LogP contribution in [0.4, 0.5) is 0 Å². The predicted molar refractivity (Wildman–Crippen MR) is 138 cm³/mol. The van der Waals surface area contributed by atoms with Gasteiger partial charge in [-0.25, -0.2) is 9.59 Å². The second-order valence-electron chi connectivity index (χ2n) is 8.93. The minimum absolute atomic E-state index is 0.182. The van der Waals surface area contributed by atoms with Crippen LogP contribution in [0.25, 0.3) is 6.08 Å². The monoisotopic (exact) mass is 570 g/mol. The summed E-state index contributed by atoms with van der Waals surface area (Å²) in [7, 11) is 0.